The normalized spacial score (nSPS) is 15.2. The highest BCUT2D eigenvalue weighted by Crippen LogP contribution is 2.33. The van der Waals surface area contributed by atoms with Crippen LogP contribution in [0, 0.1) is 0 Å². The minimum Gasteiger partial charge on any atom is -0.469 e. The van der Waals surface area contributed by atoms with Crippen LogP contribution in [0.2, 0.25) is 0 Å². The minimum atomic E-state index is -0.183. The molecule has 4 nitrogen and oxygen atoms in total. The van der Waals surface area contributed by atoms with Gasteiger partial charge in [-0.2, -0.15) is 0 Å². The molecule has 0 N–H and O–H groups in total. The average molecular weight is 344 g/mol. The van der Waals surface area contributed by atoms with E-state index in [-0.39, 0.29) is 11.9 Å². The number of esters is 2. The predicted molar refractivity (Wildman–Crippen MR) is 92.8 cm³/mol. The first-order valence-corrected chi connectivity index (χ1v) is 9.48. The zero-order valence-electron chi connectivity index (χ0n) is 13.3. The fourth-order valence-electron chi connectivity index (χ4n) is 1.99. The minimum absolute atomic E-state index is 0.178. The zero-order chi connectivity index (χ0) is 16.2. The Labute approximate surface area is 141 Å². The molecule has 1 aliphatic carbocycles. The van der Waals surface area contributed by atoms with Crippen molar-refractivity contribution in [1.82, 2.24) is 0 Å². The van der Waals surface area contributed by atoms with E-state index < -0.39 is 0 Å². The van der Waals surface area contributed by atoms with Crippen molar-refractivity contribution in [3.8, 4) is 0 Å². The average Bonchev–Trinajstić information content (AvgIpc) is 2.57. The molecule has 1 aliphatic rings. The smallest absolute Gasteiger partial charge is 0.306 e. The van der Waals surface area contributed by atoms with E-state index >= 15 is 0 Å². The zero-order valence-corrected chi connectivity index (χ0v) is 14.9. The molecule has 0 saturated carbocycles. The third-order valence-electron chi connectivity index (χ3n) is 3.24. The second-order valence-corrected chi connectivity index (χ2v) is 6.94. The number of hydrogen-bond donors (Lipinski definition) is 0. The number of ether oxygens (including phenoxy) is 2. The van der Waals surface area contributed by atoms with Gasteiger partial charge in [0.25, 0.3) is 0 Å². The summed E-state index contributed by atoms with van der Waals surface area (Å²) in [6, 6.07) is 0. The van der Waals surface area contributed by atoms with E-state index in [0.717, 1.165) is 12.8 Å². The summed E-state index contributed by atoms with van der Waals surface area (Å²) in [6.07, 6.45) is 7.80. The quantitative estimate of drug-likeness (QED) is 0.467. The van der Waals surface area contributed by atoms with Crippen LogP contribution in [0.4, 0.5) is 0 Å². The Kier molecular flexibility index (Phi) is 10.2. The van der Waals surface area contributed by atoms with Gasteiger partial charge in [-0.15, -0.1) is 23.5 Å². The van der Waals surface area contributed by atoms with E-state index in [0.29, 0.717) is 24.3 Å². The fourth-order valence-corrected chi connectivity index (χ4v) is 4.03. The van der Waals surface area contributed by atoms with Crippen molar-refractivity contribution in [3.63, 3.8) is 0 Å². The summed E-state index contributed by atoms with van der Waals surface area (Å²) in [5.74, 6) is 1.06. The van der Waals surface area contributed by atoms with E-state index in [1.807, 2.05) is 0 Å². The Bertz CT molecular complexity index is 430. The van der Waals surface area contributed by atoms with Gasteiger partial charge in [-0.05, 0) is 36.7 Å². The fraction of sp³-hybridized carbons (Fsp3) is 0.625. The molecule has 0 aromatic heterocycles. The van der Waals surface area contributed by atoms with E-state index in [9.17, 15) is 9.59 Å². The highest BCUT2D eigenvalue weighted by atomic mass is 32.2. The van der Waals surface area contributed by atoms with Crippen LogP contribution >= 0.6 is 23.5 Å². The van der Waals surface area contributed by atoms with Crippen LogP contribution in [0.25, 0.3) is 0 Å². The topological polar surface area (TPSA) is 52.6 Å². The molecule has 0 fully saturated rings. The van der Waals surface area contributed by atoms with Crippen molar-refractivity contribution in [3.05, 3.63) is 22.0 Å². The van der Waals surface area contributed by atoms with Gasteiger partial charge in [0.05, 0.1) is 27.1 Å². The number of methoxy groups -OCH3 is 2. The van der Waals surface area contributed by atoms with E-state index in [4.69, 9.17) is 0 Å². The summed E-state index contributed by atoms with van der Waals surface area (Å²) in [5.41, 5.74) is 1.37. The molecular formula is C16H24O4S2. The molecule has 0 aromatic carbocycles. The van der Waals surface area contributed by atoms with Crippen LogP contribution in [0.15, 0.2) is 22.0 Å². The molecule has 0 amide bonds. The summed E-state index contributed by atoms with van der Waals surface area (Å²) in [4.78, 5) is 23.5. The van der Waals surface area contributed by atoms with Gasteiger partial charge in [0.15, 0.2) is 0 Å². The van der Waals surface area contributed by atoms with Gasteiger partial charge in [-0.3, -0.25) is 9.59 Å². The molecule has 0 unspecified atom stereocenters. The van der Waals surface area contributed by atoms with E-state index in [1.54, 1.807) is 23.5 Å². The Morgan fingerprint density at radius 2 is 1.82 bits per heavy atom. The monoisotopic (exact) mass is 344 g/mol. The molecule has 0 bridgehead atoms. The third kappa shape index (κ3) is 7.94. The molecule has 0 radical (unpaired) electrons. The summed E-state index contributed by atoms with van der Waals surface area (Å²) in [7, 11) is 2.82. The van der Waals surface area contributed by atoms with Gasteiger partial charge in [0.2, 0.25) is 0 Å². The summed E-state index contributed by atoms with van der Waals surface area (Å²) >= 11 is 3.31. The SMILES string of the molecule is COC(=O)CCS/C=C(\SCCC(=O)OC)C1=CCCCC1. The first-order valence-electron chi connectivity index (χ1n) is 7.45. The molecule has 0 heterocycles. The Hall–Kier alpha value is -0.880. The number of allylic oxidation sites excluding steroid dienone is 2. The highest BCUT2D eigenvalue weighted by Gasteiger charge is 2.11. The Morgan fingerprint density at radius 1 is 1.14 bits per heavy atom. The lowest BCUT2D eigenvalue weighted by Gasteiger charge is -2.15. The van der Waals surface area contributed by atoms with E-state index in [2.05, 4.69) is 21.0 Å². The number of carbonyl (C=O) groups excluding carboxylic acids is 2. The maximum Gasteiger partial charge on any atom is 0.306 e. The van der Waals surface area contributed by atoms with Gasteiger partial charge in [0, 0.05) is 16.4 Å². The molecule has 124 valence electrons. The Balaban J connectivity index is 2.51. The molecule has 0 aliphatic heterocycles. The molecule has 0 atom stereocenters. The van der Waals surface area contributed by atoms with E-state index in [1.165, 1.54) is 37.5 Å². The van der Waals surface area contributed by atoms with Gasteiger partial charge < -0.3 is 9.47 Å². The predicted octanol–water partition coefficient (Wildman–Crippen LogP) is 3.92. The van der Waals surface area contributed by atoms with Crippen LogP contribution in [0.3, 0.4) is 0 Å². The lowest BCUT2D eigenvalue weighted by atomic mass is 10.00. The summed E-state index contributed by atoms with van der Waals surface area (Å²) < 4.78 is 9.31. The second kappa shape index (κ2) is 11.7. The van der Waals surface area contributed by atoms with Crippen molar-refractivity contribution in [2.45, 2.75) is 38.5 Å². The van der Waals surface area contributed by atoms with Crippen LogP contribution in [0.1, 0.15) is 38.5 Å². The largest absolute Gasteiger partial charge is 0.469 e. The second-order valence-electron chi connectivity index (χ2n) is 4.83. The van der Waals surface area contributed by atoms with Crippen LogP contribution in [0.5, 0.6) is 0 Å². The molecule has 0 saturated heterocycles. The van der Waals surface area contributed by atoms with Crippen molar-refractivity contribution in [2.75, 3.05) is 25.7 Å². The molecule has 1 rings (SSSR count). The number of carbonyl (C=O) groups is 2. The number of hydrogen-bond acceptors (Lipinski definition) is 6. The first-order chi connectivity index (χ1) is 10.7. The number of rotatable bonds is 9. The molecular weight excluding hydrogens is 320 g/mol. The van der Waals surface area contributed by atoms with Crippen molar-refractivity contribution in [2.24, 2.45) is 0 Å². The van der Waals surface area contributed by atoms with Crippen LogP contribution in [-0.4, -0.2) is 37.7 Å². The van der Waals surface area contributed by atoms with Crippen LogP contribution in [-0.2, 0) is 19.1 Å². The number of thioether (sulfide) groups is 2. The third-order valence-corrected chi connectivity index (χ3v) is 5.33. The molecule has 22 heavy (non-hydrogen) atoms. The highest BCUT2D eigenvalue weighted by molar-refractivity contribution is 8.06. The van der Waals surface area contributed by atoms with Gasteiger partial charge in [0.1, 0.15) is 0 Å². The van der Waals surface area contributed by atoms with Crippen molar-refractivity contribution >= 4 is 35.5 Å². The lowest BCUT2D eigenvalue weighted by Crippen LogP contribution is -2.02. The molecule has 0 aromatic rings. The maximum absolute atomic E-state index is 11.2. The van der Waals surface area contributed by atoms with Gasteiger partial charge in [-0.1, -0.05) is 6.08 Å². The summed E-state index contributed by atoms with van der Waals surface area (Å²) in [6.45, 7) is 0. The summed E-state index contributed by atoms with van der Waals surface area (Å²) in [5, 5.41) is 2.11. The lowest BCUT2D eigenvalue weighted by molar-refractivity contribution is -0.140. The Morgan fingerprint density at radius 3 is 2.41 bits per heavy atom. The van der Waals surface area contributed by atoms with Gasteiger partial charge in [-0.25, -0.2) is 0 Å². The van der Waals surface area contributed by atoms with Crippen molar-refractivity contribution in [1.29, 1.82) is 0 Å². The molecule has 0 spiro atoms. The van der Waals surface area contributed by atoms with Crippen molar-refractivity contribution < 1.29 is 19.1 Å². The molecule has 6 heteroatoms. The maximum atomic E-state index is 11.2. The standard InChI is InChI=1S/C16H24O4S2/c1-19-15(17)8-10-21-12-14(13-6-4-3-5-7-13)22-11-9-16(18)20-2/h6,12H,3-5,7-11H2,1-2H3/b14-12-. The van der Waals surface area contributed by atoms with Crippen LogP contribution < -0.4 is 0 Å². The van der Waals surface area contributed by atoms with Gasteiger partial charge >= 0.3 is 11.9 Å². The first kappa shape index (κ1) is 19.2.